The highest BCUT2D eigenvalue weighted by Crippen LogP contribution is 2.36. The molecular weight excluding hydrogens is 497 g/mol. The van der Waals surface area contributed by atoms with E-state index >= 15 is 0 Å². The maximum Gasteiger partial charge on any atom is 0.262 e. The average Bonchev–Trinajstić information content (AvgIpc) is 3.05. The first-order valence-electron chi connectivity index (χ1n) is 8.98. The number of halogens is 2. The molecule has 1 aliphatic heterocycles. The van der Waals surface area contributed by atoms with Crippen molar-refractivity contribution in [2.24, 2.45) is 0 Å². The fourth-order valence-corrected chi connectivity index (χ4v) is 3.85. The van der Waals surface area contributed by atoms with Gasteiger partial charge >= 0.3 is 0 Å². The van der Waals surface area contributed by atoms with Gasteiger partial charge in [0.2, 0.25) is 0 Å². The van der Waals surface area contributed by atoms with E-state index in [1.54, 1.807) is 12.0 Å². The maximum atomic E-state index is 13.3. The van der Waals surface area contributed by atoms with Gasteiger partial charge in [0.15, 0.2) is 0 Å². The van der Waals surface area contributed by atoms with E-state index in [2.05, 4.69) is 22.6 Å². The van der Waals surface area contributed by atoms with E-state index in [9.17, 15) is 4.79 Å². The number of carbonyl (C=O) groups is 1. The van der Waals surface area contributed by atoms with Crippen LogP contribution in [0.2, 0.25) is 5.02 Å². The first-order chi connectivity index (χ1) is 14.0. The Hall–Kier alpha value is -2.57. The summed E-state index contributed by atoms with van der Waals surface area (Å²) in [4.78, 5) is 15.1. The second-order valence-corrected chi connectivity index (χ2v) is 8.21. The monoisotopic (exact) mass is 513 g/mol. The van der Waals surface area contributed by atoms with Crippen molar-refractivity contribution in [1.82, 2.24) is 0 Å². The predicted molar refractivity (Wildman–Crippen MR) is 127 cm³/mol. The number of carbonyl (C=O) groups excluding carboxylic acids is 1. The zero-order chi connectivity index (χ0) is 20.4. The first-order valence-corrected chi connectivity index (χ1v) is 10.4. The van der Waals surface area contributed by atoms with E-state index in [1.165, 1.54) is 0 Å². The number of hydrogen-bond acceptors (Lipinski definition) is 2. The van der Waals surface area contributed by atoms with E-state index in [1.807, 2.05) is 84.9 Å². The fourth-order valence-electron chi connectivity index (χ4n) is 3.20. The van der Waals surface area contributed by atoms with Gasteiger partial charge in [0.05, 0.1) is 18.5 Å². The molecule has 1 amide bonds. The highest BCUT2D eigenvalue weighted by atomic mass is 127. The van der Waals surface area contributed by atoms with Gasteiger partial charge in [-0.1, -0.05) is 41.9 Å². The molecule has 0 unspecified atom stereocenters. The van der Waals surface area contributed by atoms with Crippen LogP contribution >= 0.6 is 34.2 Å². The molecule has 29 heavy (non-hydrogen) atoms. The molecule has 0 spiro atoms. The van der Waals surface area contributed by atoms with E-state index < -0.39 is 0 Å². The molecule has 0 N–H and O–H groups in total. The Morgan fingerprint density at radius 2 is 1.72 bits per heavy atom. The maximum absolute atomic E-state index is 13.3. The number of anilines is 1. The molecule has 0 aromatic heterocycles. The molecule has 0 atom stereocenters. The van der Waals surface area contributed by atoms with Gasteiger partial charge in [-0.15, -0.1) is 0 Å². The summed E-state index contributed by atoms with van der Waals surface area (Å²) < 4.78 is 6.28. The zero-order valence-electron chi connectivity index (χ0n) is 15.6. The van der Waals surface area contributed by atoms with Gasteiger partial charge < -0.3 is 4.74 Å². The molecule has 0 radical (unpaired) electrons. The second-order valence-electron chi connectivity index (χ2n) is 6.53. The largest absolute Gasteiger partial charge is 0.497 e. The minimum Gasteiger partial charge on any atom is -0.497 e. The van der Waals surface area contributed by atoms with Crippen LogP contribution in [-0.4, -0.2) is 13.0 Å². The lowest BCUT2D eigenvalue weighted by Crippen LogP contribution is -2.25. The summed E-state index contributed by atoms with van der Waals surface area (Å²) in [6.07, 6.45) is 3.82. The van der Waals surface area contributed by atoms with Crippen molar-refractivity contribution >= 4 is 57.6 Å². The minimum atomic E-state index is -0.0623. The van der Waals surface area contributed by atoms with Crippen LogP contribution in [0.1, 0.15) is 11.1 Å². The Balaban J connectivity index is 1.80. The molecule has 3 aromatic carbocycles. The lowest BCUT2D eigenvalue weighted by Gasteiger charge is -2.21. The molecule has 1 heterocycles. The van der Waals surface area contributed by atoms with Crippen molar-refractivity contribution in [1.29, 1.82) is 0 Å². The molecule has 3 nitrogen and oxygen atoms in total. The summed E-state index contributed by atoms with van der Waals surface area (Å²) in [7, 11) is 1.63. The topological polar surface area (TPSA) is 29.5 Å². The third-order valence-corrected chi connectivity index (χ3v) is 5.55. The zero-order valence-corrected chi connectivity index (χ0v) is 18.5. The highest BCUT2D eigenvalue weighted by molar-refractivity contribution is 14.1. The summed E-state index contributed by atoms with van der Waals surface area (Å²) in [6.45, 7) is 0. The van der Waals surface area contributed by atoms with Crippen LogP contribution in [0.25, 0.3) is 11.8 Å². The molecule has 0 aliphatic carbocycles. The molecule has 0 fully saturated rings. The standard InChI is InChI=1S/C24H17ClINO2/c1-29-22-11-5-16(6-12-22)13-18-14-23(17-7-9-19(25)10-8-17)27(24(18)28)21-4-2-3-20(26)15-21/h2-15H,1H3/b18-13-. The summed E-state index contributed by atoms with van der Waals surface area (Å²) in [5.41, 5.74) is 4.15. The van der Waals surface area contributed by atoms with E-state index in [0.29, 0.717) is 10.6 Å². The Morgan fingerprint density at radius 1 is 1.00 bits per heavy atom. The Kier molecular flexibility index (Phi) is 5.74. The lowest BCUT2D eigenvalue weighted by atomic mass is 10.1. The van der Waals surface area contributed by atoms with Crippen LogP contribution < -0.4 is 9.64 Å². The van der Waals surface area contributed by atoms with Crippen LogP contribution in [0, 0.1) is 3.57 Å². The van der Waals surface area contributed by atoms with E-state index in [-0.39, 0.29) is 5.91 Å². The van der Waals surface area contributed by atoms with Crippen LogP contribution in [0.3, 0.4) is 0 Å². The quantitative estimate of drug-likeness (QED) is 0.297. The van der Waals surface area contributed by atoms with Crippen molar-refractivity contribution in [3.63, 3.8) is 0 Å². The molecule has 4 rings (SSSR count). The molecule has 3 aromatic rings. The van der Waals surface area contributed by atoms with E-state index in [0.717, 1.165) is 31.8 Å². The number of methoxy groups -OCH3 is 1. The lowest BCUT2D eigenvalue weighted by molar-refractivity contribution is -0.113. The van der Waals surface area contributed by atoms with Gasteiger partial charge in [0.25, 0.3) is 5.91 Å². The predicted octanol–water partition coefficient (Wildman–Crippen LogP) is 6.42. The molecule has 0 saturated heterocycles. The number of ether oxygens (including phenoxy) is 1. The van der Waals surface area contributed by atoms with Gasteiger partial charge in [0, 0.05) is 14.2 Å². The third-order valence-electron chi connectivity index (χ3n) is 4.63. The van der Waals surface area contributed by atoms with Crippen molar-refractivity contribution in [2.75, 3.05) is 12.0 Å². The molecule has 0 saturated carbocycles. The number of benzene rings is 3. The Bertz CT molecular complexity index is 1120. The van der Waals surface area contributed by atoms with Gasteiger partial charge in [0.1, 0.15) is 5.75 Å². The minimum absolute atomic E-state index is 0.0623. The van der Waals surface area contributed by atoms with Gasteiger partial charge in [-0.2, -0.15) is 0 Å². The van der Waals surface area contributed by atoms with Crippen LogP contribution in [0.5, 0.6) is 5.75 Å². The Morgan fingerprint density at radius 3 is 2.38 bits per heavy atom. The van der Waals surface area contributed by atoms with Crippen molar-refractivity contribution < 1.29 is 9.53 Å². The normalized spacial score (nSPS) is 15.0. The molecular formula is C24H17ClINO2. The molecule has 5 heteroatoms. The fraction of sp³-hybridized carbons (Fsp3) is 0.0417. The second kappa shape index (κ2) is 8.43. The number of rotatable bonds is 4. The number of amides is 1. The van der Waals surface area contributed by atoms with Crippen molar-refractivity contribution in [3.8, 4) is 5.75 Å². The summed E-state index contributed by atoms with van der Waals surface area (Å²) >= 11 is 8.31. The number of nitrogens with zero attached hydrogens (tertiary/aromatic N) is 1. The molecule has 0 bridgehead atoms. The highest BCUT2D eigenvalue weighted by Gasteiger charge is 2.30. The third kappa shape index (κ3) is 4.23. The van der Waals surface area contributed by atoms with Gasteiger partial charge in [-0.05, 0) is 88.3 Å². The number of hydrogen-bond donors (Lipinski definition) is 0. The van der Waals surface area contributed by atoms with Crippen molar-refractivity contribution in [3.05, 3.63) is 104 Å². The summed E-state index contributed by atoms with van der Waals surface area (Å²) in [6, 6.07) is 23.1. The summed E-state index contributed by atoms with van der Waals surface area (Å²) in [5.74, 6) is 0.718. The van der Waals surface area contributed by atoms with Crippen LogP contribution in [-0.2, 0) is 4.79 Å². The molecule has 1 aliphatic rings. The Labute approximate surface area is 188 Å². The van der Waals surface area contributed by atoms with Crippen LogP contribution in [0.15, 0.2) is 84.4 Å². The van der Waals surface area contributed by atoms with Gasteiger partial charge in [-0.25, -0.2) is 0 Å². The van der Waals surface area contributed by atoms with Crippen molar-refractivity contribution in [2.45, 2.75) is 0 Å². The SMILES string of the molecule is COc1ccc(/C=C2/C=C(c3ccc(Cl)cc3)N(c3cccc(I)c3)C2=O)cc1. The molecule has 144 valence electrons. The average molecular weight is 514 g/mol. The summed E-state index contributed by atoms with van der Waals surface area (Å²) in [5, 5.41) is 0.661. The van der Waals surface area contributed by atoms with Gasteiger partial charge in [-0.3, -0.25) is 9.69 Å². The smallest absolute Gasteiger partial charge is 0.262 e. The first kappa shape index (κ1) is 19.7. The van der Waals surface area contributed by atoms with E-state index in [4.69, 9.17) is 16.3 Å². The van der Waals surface area contributed by atoms with Crippen LogP contribution in [0.4, 0.5) is 5.69 Å².